The van der Waals surface area contributed by atoms with Crippen LogP contribution < -0.4 is 0 Å². The summed E-state index contributed by atoms with van der Waals surface area (Å²) in [6.07, 6.45) is 3.82. The lowest BCUT2D eigenvalue weighted by Gasteiger charge is -2.30. The summed E-state index contributed by atoms with van der Waals surface area (Å²) >= 11 is 0. The van der Waals surface area contributed by atoms with Gasteiger partial charge in [0.25, 0.3) is 0 Å². The van der Waals surface area contributed by atoms with Crippen LogP contribution in [0.15, 0.2) is 60.7 Å². The first-order chi connectivity index (χ1) is 13.9. The van der Waals surface area contributed by atoms with Crippen LogP contribution in [0, 0.1) is 0 Å². The Morgan fingerprint density at radius 2 is 1.75 bits per heavy atom. The van der Waals surface area contributed by atoms with Gasteiger partial charge in [-0.2, -0.15) is 5.10 Å². The molecule has 4 heteroatoms. The molecule has 1 fully saturated rings. The maximum atomic E-state index is 5.88. The van der Waals surface area contributed by atoms with E-state index in [2.05, 4.69) is 70.7 Å². The van der Waals surface area contributed by atoms with Crippen molar-refractivity contribution < 1.29 is 4.74 Å². The molecule has 1 atom stereocenters. The molecule has 4 nitrogen and oxygen atoms in total. The fourth-order valence-corrected chi connectivity index (χ4v) is 4.64. The van der Waals surface area contributed by atoms with E-state index >= 15 is 0 Å². The van der Waals surface area contributed by atoms with Crippen molar-refractivity contribution in [2.24, 2.45) is 0 Å². The molecule has 0 saturated carbocycles. The van der Waals surface area contributed by atoms with Crippen LogP contribution in [0.2, 0.25) is 0 Å². The zero-order valence-electron chi connectivity index (χ0n) is 16.2. The Hall–Kier alpha value is -2.43. The molecule has 0 amide bonds. The topological polar surface area (TPSA) is 41.2 Å². The van der Waals surface area contributed by atoms with Gasteiger partial charge in [0.05, 0.1) is 17.7 Å². The fraction of sp³-hybridized carbons (Fsp3) is 0.375. The van der Waals surface area contributed by atoms with E-state index in [1.807, 2.05) is 0 Å². The number of aromatic nitrogens is 2. The van der Waals surface area contributed by atoms with Gasteiger partial charge in [0.15, 0.2) is 0 Å². The number of nitrogens with zero attached hydrogens (tertiary/aromatic N) is 2. The molecule has 2 aromatic carbocycles. The number of fused-ring (bicyclic) bond motifs is 1. The van der Waals surface area contributed by atoms with E-state index in [0.717, 1.165) is 32.7 Å². The summed E-state index contributed by atoms with van der Waals surface area (Å²) in [5.74, 6) is 0.157. The first-order valence-electron chi connectivity index (χ1n) is 10.4. The number of H-pyrrole nitrogens is 1. The highest BCUT2D eigenvalue weighted by Gasteiger charge is 2.29. The smallest absolute Gasteiger partial charge is 0.0788 e. The monoisotopic (exact) mass is 373 g/mol. The second-order valence-electron chi connectivity index (χ2n) is 7.94. The number of ether oxygens (including phenoxy) is 1. The first-order valence-corrected chi connectivity index (χ1v) is 10.4. The molecular weight excluding hydrogens is 346 g/mol. The molecule has 0 spiro atoms. The molecule has 3 aromatic rings. The summed E-state index contributed by atoms with van der Waals surface area (Å²) < 4.78 is 5.88. The van der Waals surface area contributed by atoms with E-state index in [0.29, 0.717) is 6.10 Å². The standard InChI is InChI=1S/C24H27N3O/c1-3-8-18(9-4-1)23(19-10-5-2-6-11-19)24-21-17-27(14-13-22(21)25-26-24)16-20-12-7-15-28-20/h1-6,8-11,20,23H,7,12-17H2,(H,25,26)/t20-/m1/s1. The fourth-order valence-electron chi connectivity index (χ4n) is 4.64. The highest BCUT2D eigenvalue weighted by atomic mass is 16.5. The average molecular weight is 374 g/mol. The van der Waals surface area contributed by atoms with Gasteiger partial charge in [0.1, 0.15) is 0 Å². The summed E-state index contributed by atoms with van der Waals surface area (Å²) in [5.41, 5.74) is 6.43. The average Bonchev–Trinajstić information content (AvgIpc) is 3.40. The second-order valence-corrected chi connectivity index (χ2v) is 7.94. The van der Waals surface area contributed by atoms with Crippen molar-refractivity contribution in [3.8, 4) is 0 Å². The van der Waals surface area contributed by atoms with E-state index in [1.54, 1.807) is 0 Å². The minimum absolute atomic E-state index is 0.157. The summed E-state index contributed by atoms with van der Waals surface area (Å²) in [7, 11) is 0. The van der Waals surface area contributed by atoms with Gasteiger partial charge < -0.3 is 4.74 Å². The van der Waals surface area contributed by atoms with Gasteiger partial charge >= 0.3 is 0 Å². The predicted octanol–water partition coefficient (Wildman–Crippen LogP) is 4.13. The number of hydrogen-bond acceptors (Lipinski definition) is 3. The molecule has 2 aliphatic heterocycles. The van der Waals surface area contributed by atoms with Crippen molar-refractivity contribution in [1.29, 1.82) is 0 Å². The molecule has 0 unspecified atom stereocenters. The Labute approximate surface area is 166 Å². The molecule has 0 radical (unpaired) electrons. The van der Waals surface area contributed by atoms with Gasteiger partial charge in [0.2, 0.25) is 0 Å². The number of hydrogen-bond donors (Lipinski definition) is 1. The Morgan fingerprint density at radius 1 is 1.04 bits per heavy atom. The highest BCUT2D eigenvalue weighted by molar-refractivity contribution is 5.44. The molecule has 1 aromatic heterocycles. The minimum Gasteiger partial charge on any atom is -0.377 e. The maximum absolute atomic E-state index is 5.88. The molecule has 28 heavy (non-hydrogen) atoms. The molecule has 2 aliphatic rings. The SMILES string of the molecule is c1ccc(C(c2ccccc2)c2n[nH]c3c2CN(C[C@H]2CCCO2)CC3)cc1. The highest BCUT2D eigenvalue weighted by Crippen LogP contribution is 2.35. The second kappa shape index (κ2) is 7.90. The number of aromatic amines is 1. The lowest BCUT2D eigenvalue weighted by atomic mass is 9.85. The van der Waals surface area contributed by atoms with Crippen LogP contribution in [-0.4, -0.2) is 40.9 Å². The third-order valence-corrected chi connectivity index (χ3v) is 6.07. The largest absolute Gasteiger partial charge is 0.377 e. The van der Waals surface area contributed by atoms with Crippen molar-refractivity contribution >= 4 is 0 Å². The van der Waals surface area contributed by atoms with Gasteiger partial charge in [-0.1, -0.05) is 60.7 Å². The third-order valence-electron chi connectivity index (χ3n) is 6.07. The van der Waals surface area contributed by atoms with Crippen LogP contribution in [0.4, 0.5) is 0 Å². The van der Waals surface area contributed by atoms with Crippen LogP contribution in [0.3, 0.4) is 0 Å². The van der Waals surface area contributed by atoms with Crippen LogP contribution in [0.1, 0.15) is 46.8 Å². The van der Waals surface area contributed by atoms with Gasteiger partial charge in [-0.25, -0.2) is 0 Å². The van der Waals surface area contributed by atoms with Gasteiger partial charge in [-0.05, 0) is 24.0 Å². The van der Waals surface area contributed by atoms with Crippen molar-refractivity contribution in [2.75, 3.05) is 19.7 Å². The lowest BCUT2D eigenvalue weighted by molar-refractivity contribution is 0.0686. The van der Waals surface area contributed by atoms with E-state index in [4.69, 9.17) is 9.84 Å². The first kappa shape index (κ1) is 17.7. The van der Waals surface area contributed by atoms with E-state index in [-0.39, 0.29) is 5.92 Å². The number of benzene rings is 2. The molecule has 3 heterocycles. The summed E-state index contributed by atoms with van der Waals surface area (Å²) in [6.45, 7) is 3.99. The molecular formula is C24H27N3O. The third kappa shape index (κ3) is 3.50. The lowest BCUT2D eigenvalue weighted by Crippen LogP contribution is -2.36. The Balaban J connectivity index is 1.48. The molecule has 1 saturated heterocycles. The van der Waals surface area contributed by atoms with Crippen LogP contribution in [0.5, 0.6) is 0 Å². The Bertz CT molecular complexity index is 861. The van der Waals surface area contributed by atoms with E-state index < -0.39 is 0 Å². The molecule has 144 valence electrons. The molecule has 0 bridgehead atoms. The van der Waals surface area contributed by atoms with Crippen molar-refractivity contribution in [2.45, 2.75) is 37.8 Å². The number of rotatable bonds is 5. The van der Waals surface area contributed by atoms with Gasteiger partial charge in [-0.3, -0.25) is 10.00 Å². The summed E-state index contributed by atoms with van der Waals surface area (Å²) in [5, 5.41) is 8.19. The van der Waals surface area contributed by atoms with E-state index in [9.17, 15) is 0 Å². The summed E-state index contributed by atoms with van der Waals surface area (Å²) in [6, 6.07) is 21.5. The number of nitrogens with one attached hydrogen (secondary N) is 1. The summed E-state index contributed by atoms with van der Waals surface area (Å²) in [4.78, 5) is 2.55. The van der Waals surface area contributed by atoms with Crippen molar-refractivity contribution in [3.05, 3.63) is 88.7 Å². The maximum Gasteiger partial charge on any atom is 0.0788 e. The molecule has 1 N–H and O–H groups in total. The van der Waals surface area contributed by atoms with Crippen LogP contribution in [0.25, 0.3) is 0 Å². The minimum atomic E-state index is 0.157. The Morgan fingerprint density at radius 3 is 2.39 bits per heavy atom. The molecule has 5 rings (SSSR count). The normalized spacial score (nSPS) is 19.8. The van der Waals surface area contributed by atoms with Gasteiger partial charge in [-0.15, -0.1) is 0 Å². The van der Waals surface area contributed by atoms with Crippen LogP contribution >= 0.6 is 0 Å². The van der Waals surface area contributed by atoms with Crippen molar-refractivity contribution in [3.63, 3.8) is 0 Å². The molecule has 0 aliphatic carbocycles. The van der Waals surface area contributed by atoms with Gasteiger partial charge in [0, 0.05) is 43.9 Å². The predicted molar refractivity (Wildman–Crippen MR) is 110 cm³/mol. The van der Waals surface area contributed by atoms with Crippen molar-refractivity contribution in [1.82, 2.24) is 15.1 Å². The Kier molecular flexibility index (Phi) is 4.98. The van der Waals surface area contributed by atoms with Crippen LogP contribution in [-0.2, 0) is 17.7 Å². The zero-order chi connectivity index (χ0) is 18.8. The van der Waals surface area contributed by atoms with E-state index in [1.165, 1.54) is 40.9 Å². The zero-order valence-corrected chi connectivity index (χ0v) is 16.2. The quantitative estimate of drug-likeness (QED) is 0.731.